The molecule has 1 aromatic heterocycles. The van der Waals surface area contributed by atoms with Crippen molar-refractivity contribution in [3.05, 3.63) is 41.2 Å². The number of hydrogen-bond donors (Lipinski definition) is 1. The van der Waals surface area contributed by atoms with Crippen molar-refractivity contribution in [1.82, 2.24) is 14.8 Å². The van der Waals surface area contributed by atoms with E-state index in [0.717, 1.165) is 18.4 Å². The van der Waals surface area contributed by atoms with Crippen molar-refractivity contribution in [2.75, 3.05) is 19.3 Å². The predicted octanol–water partition coefficient (Wildman–Crippen LogP) is 1.05. The summed E-state index contributed by atoms with van der Waals surface area (Å²) in [5.41, 5.74) is 1.28. The van der Waals surface area contributed by atoms with Gasteiger partial charge in [-0.1, -0.05) is 5.16 Å². The smallest absolute Gasteiger partial charge is 0.237 e. The van der Waals surface area contributed by atoms with Gasteiger partial charge in [0.2, 0.25) is 15.9 Å². The number of fused-ring (bicyclic) bond motifs is 1. The first-order valence-corrected chi connectivity index (χ1v) is 9.29. The molecule has 2 heterocycles. The van der Waals surface area contributed by atoms with E-state index in [1.165, 1.54) is 11.0 Å². The van der Waals surface area contributed by atoms with Crippen LogP contribution < -0.4 is 4.72 Å². The number of nitrogens with zero attached hydrogens (tertiary/aromatic N) is 2. The number of amides is 1. The molecule has 10 heteroatoms. The Labute approximate surface area is 142 Å². The molecule has 0 atom stereocenters. The van der Waals surface area contributed by atoms with Gasteiger partial charge in [0.05, 0.1) is 19.3 Å². The summed E-state index contributed by atoms with van der Waals surface area (Å²) in [7, 11) is -3.47. The van der Waals surface area contributed by atoms with Gasteiger partial charge in [-0.25, -0.2) is 21.9 Å². The average Bonchev–Trinajstić information content (AvgIpc) is 2.97. The Balaban J connectivity index is 1.82. The molecular formula is C15H15F2N3O4S. The molecule has 1 amide bonds. The summed E-state index contributed by atoms with van der Waals surface area (Å²) in [5, 5.41) is 3.90. The van der Waals surface area contributed by atoms with Crippen LogP contribution in [0.3, 0.4) is 0 Å². The summed E-state index contributed by atoms with van der Waals surface area (Å²) in [6.07, 6.45) is 1.37. The third-order valence-electron chi connectivity index (χ3n) is 3.86. The average molecular weight is 371 g/mol. The lowest BCUT2D eigenvalue weighted by molar-refractivity contribution is -0.130. The summed E-state index contributed by atoms with van der Waals surface area (Å²) in [4.78, 5) is 13.6. The second kappa shape index (κ2) is 6.52. The number of rotatable bonds is 4. The number of aromatic nitrogens is 1. The lowest BCUT2D eigenvalue weighted by Crippen LogP contribution is -2.42. The molecule has 0 radical (unpaired) electrons. The number of halogens is 2. The van der Waals surface area contributed by atoms with E-state index >= 15 is 0 Å². The number of hydrogen-bond acceptors (Lipinski definition) is 5. The van der Waals surface area contributed by atoms with Crippen LogP contribution in [-0.4, -0.2) is 43.7 Å². The Morgan fingerprint density at radius 2 is 2.12 bits per heavy atom. The Kier molecular flexibility index (Phi) is 4.56. The van der Waals surface area contributed by atoms with Gasteiger partial charge in [0.1, 0.15) is 11.5 Å². The van der Waals surface area contributed by atoms with E-state index in [-0.39, 0.29) is 13.1 Å². The highest BCUT2D eigenvalue weighted by molar-refractivity contribution is 7.88. The minimum atomic E-state index is -3.47. The maximum absolute atomic E-state index is 13.5. The predicted molar refractivity (Wildman–Crippen MR) is 83.8 cm³/mol. The zero-order valence-corrected chi connectivity index (χ0v) is 14.1. The van der Waals surface area contributed by atoms with Gasteiger partial charge in [0.25, 0.3) is 0 Å². The van der Waals surface area contributed by atoms with Crippen LogP contribution in [0.2, 0.25) is 0 Å². The topological polar surface area (TPSA) is 92.5 Å². The minimum absolute atomic E-state index is 0.150. The molecule has 1 aliphatic rings. The molecule has 1 N–H and O–H groups in total. The fraction of sp³-hybridized carbons (Fsp3) is 0.333. The van der Waals surface area contributed by atoms with E-state index in [9.17, 15) is 22.0 Å². The highest BCUT2D eigenvalue weighted by Crippen LogP contribution is 2.30. The van der Waals surface area contributed by atoms with Gasteiger partial charge in [-0.05, 0) is 18.2 Å². The van der Waals surface area contributed by atoms with Crippen LogP contribution in [0.1, 0.15) is 11.3 Å². The second-order valence-electron chi connectivity index (χ2n) is 5.72. The molecular weight excluding hydrogens is 356 g/mol. The molecule has 0 saturated heterocycles. The van der Waals surface area contributed by atoms with Crippen LogP contribution in [0.5, 0.6) is 0 Å². The third kappa shape index (κ3) is 3.85. The van der Waals surface area contributed by atoms with E-state index < -0.39 is 27.6 Å². The van der Waals surface area contributed by atoms with Gasteiger partial charge in [-0.3, -0.25) is 4.79 Å². The minimum Gasteiger partial charge on any atom is -0.360 e. The van der Waals surface area contributed by atoms with Crippen molar-refractivity contribution in [2.24, 2.45) is 0 Å². The molecule has 2 aromatic rings. The van der Waals surface area contributed by atoms with Crippen LogP contribution in [0.25, 0.3) is 11.3 Å². The molecule has 0 aliphatic carbocycles. The third-order valence-corrected chi connectivity index (χ3v) is 4.53. The van der Waals surface area contributed by atoms with Crippen molar-refractivity contribution in [2.45, 2.75) is 13.0 Å². The van der Waals surface area contributed by atoms with Gasteiger partial charge in [-0.15, -0.1) is 0 Å². The van der Waals surface area contributed by atoms with Crippen molar-refractivity contribution in [3.63, 3.8) is 0 Å². The molecule has 1 aliphatic heterocycles. The lowest BCUT2D eigenvalue weighted by atomic mass is 10.0. The van der Waals surface area contributed by atoms with Gasteiger partial charge in [-0.2, -0.15) is 0 Å². The largest absolute Gasteiger partial charge is 0.360 e. The molecule has 0 fully saturated rings. The van der Waals surface area contributed by atoms with E-state index in [1.54, 1.807) is 0 Å². The van der Waals surface area contributed by atoms with Gasteiger partial charge in [0.15, 0.2) is 11.6 Å². The molecule has 25 heavy (non-hydrogen) atoms. The number of carbonyl (C=O) groups is 1. The zero-order valence-electron chi connectivity index (χ0n) is 13.3. The van der Waals surface area contributed by atoms with Crippen LogP contribution in [0.4, 0.5) is 8.78 Å². The second-order valence-corrected chi connectivity index (χ2v) is 7.55. The lowest BCUT2D eigenvalue weighted by Gasteiger charge is -2.26. The van der Waals surface area contributed by atoms with Gasteiger partial charge < -0.3 is 9.42 Å². The maximum Gasteiger partial charge on any atom is 0.237 e. The molecule has 1 aromatic carbocycles. The van der Waals surface area contributed by atoms with Crippen LogP contribution in [-0.2, 0) is 27.8 Å². The van der Waals surface area contributed by atoms with Gasteiger partial charge >= 0.3 is 0 Å². The SMILES string of the molecule is CS(=O)(=O)NCC(=O)N1CCc2onc(-c3ccc(F)c(F)c3)c2C1. The van der Waals surface area contributed by atoms with Crippen molar-refractivity contribution in [1.29, 1.82) is 0 Å². The Bertz CT molecular complexity index is 927. The highest BCUT2D eigenvalue weighted by atomic mass is 32.2. The van der Waals surface area contributed by atoms with Crippen molar-refractivity contribution < 1.29 is 26.5 Å². The number of carbonyl (C=O) groups excluding carboxylic acids is 1. The highest BCUT2D eigenvalue weighted by Gasteiger charge is 2.28. The van der Waals surface area contributed by atoms with E-state index in [2.05, 4.69) is 9.88 Å². The molecule has 134 valence electrons. The summed E-state index contributed by atoms with van der Waals surface area (Å²) in [6, 6.07) is 3.38. The first-order valence-electron chi connectivity index (χ1n) is 7.40. The summed E-state index contributed by atoms with van der Waals surface area (Å²) < 4.78 is 56.1. The van der Waals surface area contributed by atoms with Crippen molar-refractivity contribution in [3.8, 4) is 11.3 Å². The summed E-state index contributed by atoms with van der Waals surface area (Å²) >= 11 is 0. The van der Waals surface area contributed by atoms with Crippen LogP contribution >= 0.6 is 0 Å². The quantitative estimate of drug-likeness (QED) is 0.867. The fourth-order valence-electron chi connectivity index (χ4n) is 2.60. The number of nitrogens with one attached hydrogen (secondary N) is 1. The number of benzene rings is 1. The van der Waals surface area contributed by atoms with Gasteiger partial charge in [0, 0.05) is 24.1 Å². The van der Waals surface area contributed by atoms with E-state index in [4.69, 9.17) is 4.52 Å². The van der Waals surface area contributed by atoms with Crippen LogP contribution in [0, 0.1) is 11.6 Å². The van der Waals surface area contributed by atoms with E-state index in [0.29, 0.717) is 35.5 Å². The molecule has 0 unspecified atom stereocenters. The number of sulfonamides is 1. The fourth-order valence-corrected chi connectivity index (χ4v) is 2.98. The van der Waals surface area contributed by atoms with Crippen LogP contribution in [0.15, 0.2) is 22.7 Å². The molecule has 7 nitrogen and oxygen atoms in total. The maximum atomic E-state index is 13.5. The first kappa shape index (κ1) is 17.5. The monoisotopic (exact) mass is 371 g/mol. The molecule has 0 bridgehead atoms. The molecule has 0 spiro atoms. The van der Waals surface area contributed by atoms with E-state index in [1.807, 2.05) is 0 Å². The zero-order chi connectivity index (χ0) is 18.2. The first-order chi connectivity index (χ1) is 11.7. The Morgan fingerprint density at radius 1 is 1.36 bits per heavy atom. The molecule has 0 saturated carbocycles. The molecule has 3 rings (SSSR count). The van der Waals surface area contributed by atoms with Crippen molar-refractivity contribution >= 4 is 15.9 Å². The Morgan fingerprint density at radius 3 is 2.80 bits per heavy atom. The Hall–Kier alpha value is -2.33. The summed E-state index contributed by atoms with van der Waals surface area (Å²) in [5.74, 6) is -1.80. The summed E-state index contributed by atoms with van der Waals surface area (Å²) in [6.45, 7) is 0.154. The standard InChI is InChI=1S/C15H15F2N3O4S/c1-25(22,23)18-7-14(21)20-5-4-13-10(8-20)15(19-24-13)9-2-3-11(16)12(17)6-9/h2-3,6,18H,4-5,7-8H2,1H3. The normalized spacial score (nSPS) is 14.4.